The maximum Gasteiger partial charge on any atom is 0.146 e. The summed E-state index contributed by atoms with van der Waals surface area (Å²) in [7, 11) is 0. The maximum absolute atomic E-state index is 13.9. The summed E-state index contributed by atoms with van der Waals surface area (Å²) in [6, 6.07) is 10.1. The van der Waals surface area contributed by atoms with Gasteiger partial charge in [-0.05, 0) is 36.1 Å². The Labute approximate surface area is 116 Å². The molecule has 3 N–H and O–H groups in total. The minimum Gasteiger partial charge on any atom is -0.376 e. The summed E-state index contributed by atoms with van der Waals surface area (Å²) in [5.41, 5.74) is 8.68. The molecule has 0 radical (unpaired) electrons. The predicted octanol–water partition coefficient (Wildman–Crippen LogP) is 3.83. The minimum atomic E-state index is -0.443. The molecule has 2 nitrogen and oxygen atoms in total. The number of nitrogens with one attached hydrogen (secondary N) is 1. The van der Waals surface area contributed by atoms with Gasteiger partial charge in [0, 0.05) is 12.1 Å². The first-order valence-electron chi connectivity index (χ1n) is 6.63. The van der Waals surface area contributed by atoms with E-state index in [9.17, 15) is 8.78 Å². The van der Waals surface area contributed by atoms with Crippen LogP contribution < -0.4 is 11.1 Å². The predicted molar refractivity (Wildman–Crippen MR) is 75.4 cm³/mol. The lowest BCUT2D eigenvalue weighted by Crippen LogP contribution is -2.11. The smallest absolute Gasteiger partial charge is 0.146 e. The summed E-state index contributed by atoms with van der Waals surface area (Å²) >= 11 is 0. The van der Waals surface area contributed by atoms with Crippen molar-refractivity contribution in [3.63, 3.8) is 0 Å². The Morgan fingerprint density at radius 1 is 1.10 bits per heavy atom. The third-order valence-electron chi connectivity index (χ3n) is 3.84. The van der Waals surface area contributed by atoms with Gasteiger partial charge in [-0.1, -0.05) is 24.3 Å². The van der Waals surface area contributed by atoms with E-state index in [1.54, 1.807) is 6.92 Å². The molecule has 3 rings (SSSR count). The number of halogens is 2. The van der Waals surface area contributed by atoms with Crippen molar-refractivity contribution in [1.29, 1.82) is 0 Å². The molecule has 0 saturated carbocycles. The molecule has 104 valence electrons. The number of fused-ring (bicyclic) bond motifs is 1. The molecule has 2 aromatic rings. The largest absolute Gasteiger partial charge is 0.376 e. The lowest BCUT2D eigenvalue weighted by Gasteiger charge is -2.16. The second kappa shape index (κ2) is 4.87. The Hall–Kier alpha value is -1.94. The summed E-state index contributed by atoms with van der Waals surface area (Å²) in [6.07, 6.45) is 0.675. The molecule has 20 heavy (non-hydrogen) atoms. The van der Waals surface area contributed by atoms with E-state index in [1.807, 2.05) is 24.3 Å². The van der Waals surface area contributed by atoms with Crippen molar-refractivity contribution in [3.05, 3.63) is 64.7 Å². The fourth-order valence-electron chi connectivity index (χ4n) is 2.76. The molecule has 1 aliphatic rings. The van der Waals surface area contributed by atoms with Crippen molar-refractivity contribution >= 4 is 5.69 Å². The van der Waals surface area contributed by atoms with E-state index in [4.69, 9.17) is 5.73 Å². The van der Waals surface area contributed by atoms with Crippen LogP contribution in [0.15, 0.2) is 36.4 Å². The van der Waals surface area contributed by atoms with Crippen molar-refractivity contribution in [2.75, 3.05) is 5.32 Å². The van der Waals surface area contributed by atoms with E-state index in [0.717, 1.165) is 11.1 Å². The maximum atomic E-state index is 13.9. The average molecular weight is 274 g/mol. The highest BCUT2D eigenvalue weighted by molar-refractivity contribution is 5.51. The summed E-state index contributed by atoms with van der Waals surface area (Å²) in [6.45, 7) is 1.54. The molecule has 0 aromatic heterocycles. The van der Waals surface area contributed by atoms with Crippen LogP contribution in [-0.2, 0) is 0 Å². The average Bonchev–Trinajstić information content (AvgIpc) is 2.74. The summed E-state index contributed by atoms with van der Waals surface area (Å²) in [4.78, 5) is 0. The molecule has 0 amide bonds. The van der Waals surface area contributed by atoms with E-state index in [-0.39, 0.29) is 17.8 Å². The van der Waals surface area contributed by atoms with Gasteiger partial charge in [-0.25, -0.2) is 8.78 Å². The van der Waals surface area contributed by atoms with Crippen LogP contribution in [0.25, 0.3) is 0 Å². The van der Waals surface area contributed by atoms with Gasteiger partial charge in [-0.2, -0.15) is 0 Å². The minimum absolute atomic E-state index is 0.0675. The number of hydrogen-bond acceptors (Lipinski definition) is 2. The van der Waals surface area contributed by atoms with Crippen LogP contribution in [0, 0.1) is 18.6 Å². The van der Waals surface area contributed by atoms with E-state index in [2.05, 4.69) is 5.32 Å². The monoisotopic (exact) mass is 274 g/mol. The van der Waals surface area contributed by atoms with Gasteiger partial charge in [0.2, 0.25) is 0 Å². The molecule has 2 unspecified atom stereocenters. The van der Waals surface area contributed by atoms with E-state index in [0.29, 0.717) is 12.0 Å². The highest BCUT2D eigenvalue weighted by atomic mass is 19.1. The first-order valence-corrected chi connectivity index (χ1v) is 6.63. The van der Waals surface area contributed by atoms with E-state index < -0.39 is 11.6 Å². The summed E-state index contributed by atoms with van der Waals surface area (Å²) in [5, 5.41) is 3.07. The number of benzene rings is 2. The fourth-order valence-corrected chi connectivity index (χ4v) is 2.76. The van der Waals surface area contributed by atoms with Crippen molar-refractivity contribution in [2.24, 2.45) is 5.73 Å². The van der Waals surface area contributed by atoms with E-state index >= 15 is 0 Å². The number of nitrogens with two attached hydrogens (primary N) is 1. The Bertz CT molecular complexity index is 655. The molecule has 2 aromatic carbocycles. The topological polar surface area (TPSA) is 38.0 Å². The highest BCUT2D eigenvalue weighted by Crippen LogP contribution is 2.39. The van der Waals surface area contributed by atoms with Crippen LogP contribution in [0.1, 0.15) is 35.2 Å². The zero-order chi connectivity index (χ0) is 14.3. The van der Waals surface area contributed by atoms with Crippen molar-refractivity contribution in [3.8, 4) is 0 Å². The van der Waals surface area contributed by atoms with Gasteiger partial charge in [0.25, 0.3) is 0 Å². The molecular formula is C16H16F2N2. The second-order valence-corrected chi connectivity index (χ2v) is 5.25. The molecule has 0 aliphatic heterocycles. The third kappa shape index (κ3) is 2.16. The Morgan fingerprint density at radius 3 is 2.55 bits per heavy atom. The van der Waals surface area contributed by atoms with Gasteiger partial charge < -0.3 is 11.1 Å². The van der Waals surface area contributed by atoms with Crippen LogP contribution in [-0.4, -0.2) is 0 Å². The molecule has 1 aliphatic carbocycles. The summed E-state index contributed by atoms with van der Waals surface area (Å²) < 4.78 is 27.5. The van der Waals surface area contributed by atoms with Gasteiger partial charge >= 0.3 is 0 Å². The summed E-state index contributed by atoms with van der Waals surface area (Å²) in [5.74, 6) is -0.855. The van der Waals surface area contributed by atoms with Crippen LogP contribution in [0.5, 0.6) is 0 Å². The molecule has 0 fully saturated rings. The first kappa shape index (κ1) is 13.1. The molecule has 0 heterocycles. The Balaban J connectivity index is 1.92. The second-order valence-electron chi connectivity index (χ2n) is 5.25. The SMILES string of the molecule is Cc1cc(F)c(NC2CC(N)c3ccccc32)cc1F. The van der Waals surface area contributed by atoms with Crippen LogP contribution in [0.4, 0.5) is 14.5 Å². The number of rotatable bonds is 2. The number of aryl methyl sites for hydroxylation is 1. The molecule has 0 saturated heterocycles. The van der Waals surface area contributed by atoms with Crippen LogP contribution in [0.3, 0.4) is 0 Å². The molecule has 0 bridgehead atoms. The van der Waals surface area contributed by atoms with E-state index in [1.165, 1.54) is 12.1 Å². The standard InChI is InChI=1S/C16H16F2N2/c1-9-6-13(18)16(7-12(9)17)20-15-8-14(19)10-4-2-3-5-11(10)15/h2-7,14-15,20H,8,19H2,1H3. The molecule has 2 atom stereocenters. The lowest BCUT2D eigenvalue weighted by molar-refractivity contribution is 0.588. The van der Waals surface area contributed by atoms with Crippen LogP contribution >= 0.6 is 0 Å². The third-order valence-corrected chi connectivity index (χ3v) is 3.84. The number of anilines is 1. The van der Waals surface area contributed by atoms with Crippen molar-refractivity contribution in [1.82, 2.24) is 0 Å². The Morgan fingerprint density at radius 2 is 1.80 bits per heavy atom. The normalized spacial score (nSPS) is 20.8. The fraction of sp³-hybridized carbons (Fsp3) is 0.250. The van der Waals surface area contributed by atoms with Gasteiger partial charge in [0.05, 0.1) is 11.7 Å². The lowest BCUT2D eigenvalue weighted by atomic mass is 10.1. The van der Waals surface area contributed by atoms with Crippen LogP contribution in [0.2, 0.25) is 0 Å². The Kier molecular flexibility index (Phi) is 3.18. The van der Waals surface area contributed by atoms with Gasteiger partial charge in [-0.15, -0.1) is 0 Å². The van der Waals surface area contributed by atoms with Gasteiger partial charge in [0.1, 0.15) is 11.6 Å². The zero-order valence-electron chi connectivity index (χ0n) is 11.2. The molecule has 0 spiro atoms. The van der Waals surface area contributed by atoms with Gasteiger partial charge in [0.15, 0.2) is 0 Å². The highest BCUT2D eigenvalue weighted by Gasteiger charge is 2.28. The zero-order valence-corrected chi connectivity index (χ0v) is 11.2. The number of hydrogen-bond donors (Lipinski definition) is 2. The molecular weight excluding hydrogens is 258 g/mol. The first-order chi connectivity index (χ1) is 9.56. The quantitative estimate of drug-likeness (QED) is 0.873. The van der Waals surface area contributed by atoms with Crippen molar-refractivity contribution in [2.45, 2.75) is 25.4 Å². The molecule has 4 heteroatoms. The van der Waals surface area contributed by atoms with Crippen molar-refractivity contribution < 1.29 is 8.78 Å². The van der Waals surface area contributed by atoms with Gasteiger partial charge in [-0.3, -0.25) is 0 Å².